The van der Waals surface area contributed by atoms with Crippen LogP contribution in [0.2, 0.25) is 0 Å². The van der Waals surface area contributed by atoms with Crippen LogP contribution in [-0.2, 0) is 0 Å². The van der Waals surface area contributed by atoms with Crippen LogP contribution in [-0.4, -0.2) is 14.8 Å². The quantitative estimate of drug-likeness (QED) is 0.729. The minimum atomic E-state index is 0.192. The highest BCUT2D eigenvalue weighted by atomic mass is 79.9. The maximum atomic E-state index is 9.11. The van der Waals surface area contributed by atoms with Gasteiger partial charge in [0.05, 0.1) is 11.3 Å². The third kappa shape index (κ3) is 2.93. The van der Waals surface area contributed by atoms with Crippen LogP contribution < -0.4 is 4.74 Å². The van der Waals surface area contributed by atoms with Crippen LogP contribution in [0.5, 0.6) is 11.8 Å². The molecule has 0 saturated heterocycles. The van der Waals surface area contributed by atoms with E-state index in [0.29, 0.717) is 11.3 Å². The van der Waals surface area contributed by atoms with Gasteiger partial charge >= 0.3 is 6.01 Å². The molecule has 5 nitrogen and oxygen atoms in total. The molecule has 0 aliphatic heterocycles. The zero-order chi connectivity index (χ0) is 14.7. The average Bonchev–Trinajstić information content (AvgIpc) is 2.98. The summed E-state index contributed by atoms with van der Waals surface area (Å²) in [7, 11) is 0. The summed E-state index contributed by atoms with van der Waals surface area (Å²) in [5.74, 6) is 0.423. The lowest BCUT2D eigenvalue weighted by atomic mass is 10.2. The number of nitriles is 1. The van der Waals surface area contributed by atoms with Crippen molar-refractivity contribution in [1.82, 2.24) is 14.8 Å². The van der Waals surface area contributed by atoms with Gasteiger partial charge in [-0.2, -0.15) is 10.2 Å². The standard InChI is InChI=1S/C15H9BrN4O/c16-12-6-7-14(11(8-12)9-17)21-15-18-10-20(19-15)13-4-2-1-3-5-13/h1-8,10H. The van der Waals surface area contributed by atoms with E-state index in [1.807, 2.05) is 30.3 Å². The van der Waals surface area contributed by atoms with Crippen molar-refractivity contribution in [2.45, 2.75) is 0 Å². The highest BCUT2D eigenvalue weighted by Crippen LogP contribution is 2.25. The SMILES string of the molecule is N#Cc1cc(Br)ccc1Oc1ncn(-c2ccccc2)n1. The Bertz CT molecular complexity index is 808. The number of para-hydroxylation sites is 1. The average molecular weight is 341 g/mol. The van der Waals surface area contributed by atoms with E-state index in [-0.39, 0.29) is 6.01 Å². The van der Waals surface area contributed by atoms with Gasteiger partial charge in [0.1, 0.15) is 18.1 Å². The number of nitrogens with zero attached hydrogens (tertiary/aromatic N) is 4. The molecule has 0 amide bonds. The van der Waals surface area contributed by atoms with E-state index in [4.69, 9.17) is 10.00 Å². The molecule has 0 spiro atoms. The number of hydrogen-bond acceptors (Lipinski definition) is 4. The minimum Gasteiger partial charge on any atom is -0.422 e. The molecule has 0 fully saturated rings. The van der Waals surface area contributed by atoms with Crippen molar-refractivity contribution in [1.29, 1.82) is 5.26 Å². The highest BCUT2D eigenvalue weighted by Gasteiger charge is 2.09. The molecule has 0 aliphatic carbocycles. The molecule has 2 aromatic carbocycles. The number of benzene rings is 2. The van der Waals surface area contributed by atoms with Crippen molar-refractivity contribution in [2.75, 3.05) is 0 Å². The van der Waals surface area contributed by atoms with Gasteiger partial charge in [0.2, 0.25) is 0 Å². The molecule has 3 rings (SSSR count). The first kappa shape index (κ1) is 13.3. The van der Waals surface area contributed by atoms with Gasteiger partial charge in [0.15, 0.2) is 0 Å². The van der Waals surface area contributed by atoms with E-state index in [2.05, 4.69) is 32.1 Å². The lowest BCUT2D eigenvalue weighted by molar-refractivity contribution is 0.440. The molecule has 0 N–H and O–H groups in total. The number of halogens is 1. The molecule has 0 bridgehead atoms. The molecule has 0 radical (unpaired) electrons. The summed E-state index contributed by atoms with van der Waals surface area (Å²) in [6, 6.07) is 17.0. The summed E-state index contributed by atoms with van der Waals surface area (Å²) in [5.41, 5.74) is 1.30. The third-order valence-electron chi connectivity index (χ3n) is 2.75. The lowest BCUT2D eigenvalue weighted by Gasteiger charge is -2.03. The van der Waals surface area contributed by atoms with E-state index in [1.165, 1.54) is 0 Å². The number of hydrogen-bond donors (Lipinski definition) is 0. The Kier molecular flexibility index (Phi) is 3.67. The molecular weight excluding hydrogens is 332 g/mol. The fourth-order valence-corrected chi connectivity index (χ4v) is 2.14. The normalized spacial score (nSPS) is 10.1. The van der Waals surface area contributed by atoms with Crippen LogP contribution in [0.15, 0.2) is 59.3 Å². The van der Waals surface area contributed by atoms with Crippen LogP contribution in [0.25, 0.3) is 5.69 Å². The maximum absolute atomic E-state index is 9.11. The predicted octanol–water partition coefficient (Wildman–Crippen LogP) is 3.69. The Balaban J connectivity index is 1.87. The summed E-state index contributed by atoms with van der Waals surface area (Å²) in [6.07, 6.45) is 1.57. The minimum absolute atomic E-state index is 0.192. The highest BCUT2D eigenvalue weighted by molar-refractivity contribution is 9.10. The largest absolute Gasteiger partial charge is 0.422 e. The van der Waals surface area contributed by atoms with Gasteiger partial charge in [0.25, 0.3) is 0 Å². The summed E-state index contributed by atoms with van der Waals surface area (Å²) in [4.78, 5) is 4.09. The fourth-order valence-electron chi connectivity index (χ4n) is 1.78. The molecule has 21 heavy (non-hydrogen) atoms. The van der Waals surface area contributed by atoms with Crippen LogP contribution in [0, 0.1) is 11.3 Å². The third-order valence-corrected chi connectivity index (χ3v) is 3.25. The molecule has 0 saturated carbocycles. The van der Waals surface area contributed by atoms with E-state index >= 15 is 0 Å². The number of rotatable bonds is 3. The first-order valence-electron chi connectivity index (χ1n) is 6.11. The molecule has 1 heterocycles. The Morgan fingerprint density at radius 1 is 1.14 bits per heavy atom. The molecule has 1 aromatic heterocycles. The van der Waals surface area contributed by atoms with E-state index in [1.54, 1.807) is 29.2 Å². The Labute approximate surface area is 129 Å². The second-order valence-corrected chi connectivity index (χ2v) is 5.08. The second kappa shape index (κ2) is 5.77. The van der Waals surface area contributed by atoms with Crippen LogP contribution in [0.3, 0.4) is 0 Å². The van der Waals surface area contributed by atoms with E-state index in [9.17, 15) is 0 Å². The Morgan fingerprint density at radius 2 is 1.95 bits per heavy atom. The van der Waals surface area contributed by atoms with E-state index in [0.717, 1.165) is 10.2 Å². The molecular formula is C15H9BrN4O. The zero-order valence-corrected chi connectivity index (χ0v) is 12.4. The maximum Gasteiger partial charge on any atom is 0.341 e. The second-order valence-electron chi connectivity index (χ2n) is 4.16. The molecule has 3 aromatic rings. The van der Waals surface area contributed by atoms with E-state index < -0.39 is 0 Å². The summed E-state index contributed by atoms with van der Waals surface area (Å²) >= 11 is 3.32. The fraction of sp³-hybridized carbons (Fsp3) is 0. The zero-order valence-electron chi connectivity index (χ0n) is 10.8. The molecule has 102 valence electrons. The molecule has 0 unspecified atom stereocenters. The summed E-state index contributed by atoms with van der Waals surface area (Å²) in [5, 5.41) is 13.3. The predicted molar refractivity (Wildman–Crippen MR) is 80.3 cm³/mol. The first-order chi connectivity index (χ1) is 10.3. The van der Waals surface area contributed by atoms with Crippen molar-refractivity contribution in [3.05, 3.63) is 64.9 Å². The topological polar surface area (TPSA) is 63.7 Å². The lowest BCUT2D eigenvalue weighted by Crippen LogP contribution is -1.95. The Hall–Kier alpha value is -2.65. The van der Waals surface area contributed by atoms with Gasteiger partial charge < -0.3 is 4.74 Å². The molecule has 6 heteroatoms. The molecule has 0 aliphatic rings. The van der Waals surface area contributed by atoms with Crippen LogP contribution in [0.1, 0.15) is 5.56 Å². The van der Waals surface area contributed by atoms with Crippen molar-refractivity contribution in [3.8, 4) is 23.5 Å². The summed E-state index contributed by atoms with van der Waals surface area (Å²) in [6.45, 7) is 0. The first-order valence-corrected chi connectivity index (χ1v) is 6.90. The summed E-state index contributed by atoms with van der Waals surface area (Å²) < 4.78 is 8.00. The smallest absolute Gasteiger partial charge is 0.341 e. The van der Waals surface area contributed by atoms with Gasteiger partial charge in [-0.1, -0.05) is 34.1 Å². The van der Waals surface area contributed by atoms with Crippen molar-refractivity contribution < 1.29 is 4.74 Å². The van der Waals surface area contributed by atoms with Crippen molar-refractivity contribution >= 4 is 15.9 Å². The molecule has 0 atom stereocenters. The van der Waals surface area contributed by atoms with Crippen molar-refractivity contribution in [2.24, 2.45) is 0 Å². The number of ether oxygens (including phenoxy) is 1. The Morgan fingerprint density at radius 3 is 2.71 bits per heavy atom. The number of aromatic nitrogens is 3. The van der Waals surface area contributed by atoms with Gasteiger partial charge in [-0.3, -0.25) is 0 Å². The van der Waals surface area contributed by atoms with Gasteiger partial charge in [-0.15, -0.1) is 5.10 Å². The monoisotopic (exact) mass is 340 g/mol. The van der Waals surface area contributed by atoms with Gasteiger partial charge in [-0.25, -0.2) is 4.68 Å². The van der Waals surface area contributed by atoms with Gasteiger partial charge in [-0.05, 0) is 30.3 Å². The van der Waals surface area contributed by atoms with Gasteiger partial charge in [0, 0.05) is 4.47 Å². The van der Waals surface area contributed by atoms with Crippen LogP contribution in [0.4, 0.5) is 0 Å². The van der Waals surface area contributed by atoms with Crippen LogP contribution >= 0.6 is 15.9 Å². The van der Waals surface area contributed by atoms with Crippen molar-refractivity contribution in [3.63, 3.8) is 0 Å².